The average Bonchev–Trinajstić information content (AvgIpc) is 3.43. The minimum Gasteiger partial charge on any atom is -0.358 e. The number of thiocarbonyl (C=S) groups is 1. The van der Waals surface area contributed by atoms with E-state index < -0.39 is 12.1 Å². The molecule has 1 aliphatic carbocycles. The highest BCUT2D eigenvalue weighted by atomic mass is 32.1. The van der Waals surface area contributed by atoms with Gasteiger partial charge in [-0.25, -0.2) is 4.39 Å². The summed E-state index contributed by atoms with van der Waals surface area (Å²) in [6.45, 7) is 3.76. The predicted molar refractivity (Wildman–Crippen MR) is 126 cm³/mol. The Morgan fingerprint density at radius 1 is 1.42 bits per heavy atom. The number of aldehydes is 1. The lowest BCUT2D eigenvalue weighted by Gasteiger charge is -2.35. The fraction of sp³-hybridized carbons (Fsp3) is 0.583. The topological polar surface area (TPSA) is 90.5 Å². The number of rotatable bonds is 7. The van der Waals surface area contributed by atoms with Gasteiger partial charge in [-0.2, -0.15) is 0 Å². The Morgan fingerprint density at radius 2 is 2.24 bits per heavy atom. The first-order valence-corrected chi connectivity index (χ1v) is 12.0. The number of nitrogens with zero attached hydrogens (tertiary/aromatic N) is 1. The largest absolute Gasteiger partial charge is 0.358 e. The van der Waals surface area contributed by atoms with Crippen LogP contribution in [0.4, 0.5) is 4.39 Å². The Labute approximate surface area is 198 Å². The second-order valence-corrected chi connectivity index (χ2v) is 10.1. The van der Waals surface area contributed by atoms with Gasteiger partial charge in [0.05, 0.1) is 6.04 Å². The first kappa shape index (κ1) is 23.6. The van der Waals surface area contributed by atoms with Gasteiger partial charge in [-0.1, -0.05) is 25.5 Å². The number of carbonyl (C=O) groups is 3. The molecule has 0 radical (unpaired) electrons. The van der Waals surface area contributed by atoms with Crippen LogP contribution in [0.2, 0.25) is 0 Å². The highest BCUT2D eigenvalue weighted by Gasteiger charge is 2.57. The summed E-state index contributed by atoms with van der Waals surface area (Å²) in [6, 6.07) is 5.09. The Hall–Kier alpha value is -2.55. The molecular formula is C24H31FN4O3S. The maximum Gasteiger partial charge on any atom is 0.243 e. The van der Waals surface area contributed by atoms with Gasteiger partial charge >= 0.3 is 0 Å². The van der Waals surface area contributed by atoms with Gasteiger partial charge in [0.1, 0.15) is 18.1 Å². The van der Waals surface area contributed by atoms with Gasteiger partial charge in [-0.15, -0.1) is 0 Å². The normalized spacial score (nSPS) is 29.3. The smallest absolute Gasteiger partial charge is 0.243 e. The van der Waals surface area contributed by atoms with E-state index in [9.17, 15) is 18.8 Å². The molecule has 5 atom stereocenters. The number of hydrogen-bond donors (Lipinski definition) is 3. The molecule has 1 aromatic carbocycles. The Bertz CT molecular complexity index is 944. The summed E-state index contributed by atoms with van der Waals surface area (Å²) in [5, 5.41) is 9.30. The summed E-state index contributed by atoms with van der Waals surface area (Å²) >= 11 is 5.66. The van der Waals surface area contributed by atoms with Crippen molar-refractivity contribution in [3.05, 3.63) is 35.6 Å². The van der Waals surface area contributed by atoms with Crippen LogP contribution in [0, 0.1) is 23.1 Å². The molecule has 3 N–H and O–H groups in total. The van der Waals surface area contributed by atoms with Crippen molar-refractivity contribution in [2.75, 3.05) is 13.1 Å². The molecule has 1 unspecified atom stereocenters. The summed E-state index contributed by atoms with van der Waals surface area (Å²) in [7, 11) is 0. The van der Waals surface area contributed by atoms with E-state index in [1.165, 1.54) is 12.1 Å². The van der Waals surface area contributed by atoms with Crippen molar-refractivity contribution < 1.29 is 18.8 Å². The molecule has 3 fully saturated rings. The maximum absolute atomic E-state index is 13.5. The van der Waals surface area contributed by atoms with E-state index in [0.29, 0.717) is 43.5 Å². The molecule has 3 aliphatic rings. The van der Waals surface area contributed by atoms with Gasteiger partial charge < -0.3 is 25.6 Å². The number of fused-ring (bicyclic) bond motifs is 1. The lowest BCUT2D eigenvalue weighted by Crippen LogP contribution is -2.56. The molecule has 33 heavy (non-hydrogen) atoms. The first-order chi connectivity index (χ1) is 15.8. The van der Waals surface area contributed by atoms with Crippen LogP contribution in [0.15, 0.2) is 24.3 Å². The SMILES string of the molecule is C[C@]12CCCC1CN(C(=S)NCc1cccc(F)c1)[C@@H]2C(=O)N[C@H](C=O)C[C@@H]1CCNC1=O. The zero-order valence-electron chi connectivity index (χ0n) is 18.8. The minimum absolute atomic E-state index is 0.0656. The van der Waals surface area contributed by atoms with Crippen LogP contribution in [0.1, 0.15) is 44.6 Å². The molecule has 2 aliphatic heterocycles. The fourth-order valence-electron chi connectivity index (χ4n) is 5.78. The number of halogens is 1. The van der Waals surface area contributed by atoms with Crippen LogP contribution in [-0.4, -0.2) is 53.3 Å². The molecule has 178 valence electrons. The Morgan fingerprint density at radius 3 is 2.94 bits per heavy atom. The van der Waals surface area contributed by atoms with Crippen LogP contribution in [0.3, 0.4) is 0 Å². The molecule has 0 spiro atoms. The predicted octanol–water partition coefficient (Wildman–Crippen LogP) is 1.90. The van der Waals surface area contributed by atoms with E-state index in [4.69, 9.17) is 12.2 Å². The third-order valence-electron chi connectivity index (χ3n) is 7.59. The molecule has 1 saturated carbocycles. The number of carbonyl (C=O) groups excluding carboxylic acids is 3. The number of benzene rings is 1. The Balaban J connectivity index is 1.46. The van der Waals surface area contributed by atoms with Crippen molar-refractivity contribution >= 4 is 35.4 Å². The van der Waals surface area contributed by atoms with Gasteiger partial charge in [-0.05, 0) is 61.5 Å². The van der Waals surface area contributed by atoms with E-state index in [-0.39, 0.29) is 29.0 Å². The van der Waals surface area contributed by atoms with Gasteiger partial charge in [0, 0.05) is 31.0 Å². The van der Waals surface area contributed by atoms with Crippen molar-refractivity contribution in [2.24, 2.45) is 17.3 Å². The zero-order valence-corrected chi connectivity index (χ0v) is 19.6. The second-order valence-electron chi connectivity index (χ2n) is 9.70. The van der Waals surface area contributed by atoms with Crippen LogP contribution in [-0.2, 0) is 20.9 Å². The van der Waals surface area contributed by atoms with E-state index in [1.54, 1.807) is 6.07 Å². The molecule has 9 heteroatoms. The summed E-state index contributed by atoms with van der Waals surface area (Å²) in [5.41, 5.74) is 0.521. The highest BCUT2D eigenvalue weighted by Crippen LogP contribution is 2.52. The van der Waals surface area contributed by atoms with Crippen molar-refractivity contribution in [2.45, 2.75) is 57.7 Å². The van der Waals surface area contributed by atoms with Crippen LogP contribution in [0.5, 0.6) is 0 Å². The molecule has 2 saturated heterocycles. The van der Waals surface area contributed by atoms with Gasteiger partial charge in [-0.3, -0.25) is 9.59 Å². The summed E-state index contributed by atoms with van der Waals surface area (Å²) in [4.78, 5) is 39.1. The van der Waals surface area contributed by atoms with Crippen molar-refractivity contribution in [3.8, 4) is 0 Å². The standard InChI is InChI=1S/C24H31FN4O3S/c1-24-8-3-5-17(24)13-29(23(33)27-12-15-4-2-6-18(25)10-15)20(24)22(32)28-19(14-30)11-16-7-9-26-21(16)31/h2,4,6,10,14,16-17,19-20H,3,5,7-9,11-13H2,1H3,(H,26,31)(H,27,33)(H,28,32)/t16-,17?,19-,20+,24-/m0/s1. The molecule has 4 rings (SSSR count). The van der Waals surface area contributed by atoms with Crippen LogP contribution >= 0.6 is 12.2 Å². The molecule has 2 heterocycles. The van der Waals surface area contributed by atoms with E-state index in [1.807, 2.05) is 11.0 Å². The summed E-state index contributed by atoms with van der Waals surface area (Å²) < 4.78 is 13.5. The maximum atomic E-state index is 13.5. The number of hydrogen-bond acceptors (Lipinski definition) is 4. The molecule has 2 amide bonds. The third kappa shape index (κ3) is 4.88. The average molecular weight is 475 g/mol. The van der Waals surface area contributed by atoms with Gasteiger partial charge in [0.25, 0.3) is 0 Å². The quantitative estimate of drug-likeness (QED) is 0.413. The molecule has 0 aromatic heterocycles. The van der Waals surface area contributed by atoms with E-state index in [2.05, 4.69) is 22.9 Å². The third-order valence-corrected chi connectivity index (χ3v) is 7.97. The second kappa shape index (κ2) is 9.75. The summed E-state index contributed by atoms with van der Waals surface area (Å²) in [6.07, 6.45) is 4.69. The lowest BCUT2D eigenvalue weighted by atomic mass is 9.76. The van der Waals surface area contributed by atoms with Crippen molar-refractivity contribution in [1.82, 2.24) is 20.9 Å². The minimum atomic E-state index is -0.717. The Kier molecular flexibility index (Phi) is 6.97. The first-order valence-electron chi connectivity index (χ1n) is 11.6. The molecular weight excluding hydrogens is 443 g/mol. The monoisotopic (exact) mass is 474 g/mol. The van der Waals surface area contributed by atoms with Crippen LogP contribution < -0.4 is 16.0 Å². The lowest BCUT2D eigenvalue weighted by molar-refractivity contribution is -0.130. The fourth-order valence-corrected chi connectivity index (χ4v) is 6.03. The molecule has 7 nitrogen and oxygen atoms in total. The van der Waals surface area contributed by atoms with E-state index in [0.717, 1.165) is 31.1 Å². The molecule has 1 aromatic rings. The van der Waals surface area contributed by atoms with Gasteiger partial charge in [0.15, 0.2) is 5.11 Å². The van der Waals surface area contributed by atoms with Gasteiger partial charge in [0.2, 0.25) is 11.8 Å². The molecule has 0 bridgehead atoms. The number of amides is 2. The summed E-state index contributed by atoms with van der Waals surface area (Å²) in [5.74, 6) is -0.533. The van der Waals surface area contributed by atoms with Crippen molar-refractivity contribution in [1.29, 1.82) is 0 Å². The van der Waals surface area contributed by atoms with Crippen LogP contribution in [0.25, 0.3) is 0 Å². The highest BCUT2D eigenvalue weighted by molar-refractivity contribution is 7.80. The van der Waals surface area contributed by atoms with Crippen molar-refractivity contribution in [3.63, 3.8) is 0 Å². The number of likely N-dealkylation sites (tertiary alicyclic amines) is 1. The number of nitrogens with one attached hydrogen (secondary N) is 3. The zero-order chi connectivity index (χ0) is 23.6. The van der Waals surface area contributed by atoms with E-state index >= 15 is 0 Å².